The molecule has 8 bridgehead atoms. The Labute approximate surface area is 305 Å². The van der Waals surface area contributed by atoms with Crippen molar-refractivity contribution in [1.29, 1.82) is 0 Å². The highest BCUT2D eigenvalue weighted by Gasteiger charge is 2.25. The van der Waals surface area contributed by atoms with Crippen LogP contribution in [0.15, 0.2) is 78.9 Å². The molecule has 9 N–H and O–H groups in total. The van der Waals surface area contributed by atoms with Crippen molar-refractivity contribution in [2.24, 2.45) is 0 Å². The minimum absolute atomic E-state index is 0.0814. The maximum atomic E-state index is 11.5. The van der Waals surface area contributed by atoms with E-state index in [9.17, 15) is 40.5 Å². The summed E-state index contributed by atoms with van der Waals surface area (Å²) in [4.78, 5) is 46.5. The van der Waals surface area contributed by atoms with Gasteiger partial charge < -0.3 is 45.7 Å². The second-order valence-corrected chi connectivity index (χ2v) is 12.9. The van der Waals surface area contributed by atoms with Crippen LogP contribution in [0.5, 0.6) is 34.5 Å². The standard InChI is InChI=1S/C39H22N8O8/c48-25-8-19-20(9-26(25)49)35-43-33(19)41-31-17-6-5-16(14-1-3-15(4-2-14)39(54)55)7-18(17)32(40-31)42-34-21-10-27(50)28(51)11-22(21)36(44-34)46-38-24-13-30(53)29(52)12-23(24)37(45-35)47-38/h1-13,48-53H,(H,54,55)(H2,40,41,42,43,44,45,46,47). The number of benzene rings is 5. The van der Waals surface area contributed by atoms with Crippen molar-refractivity contribution in [3.05, 3.63) is 84.4 Å². The van der Waals surface area contributed by atoms with Crippen molar-refractivity contribution < 1.29 is 40.5 Å². The topological polar surface area (TPSA) is 268 Å². The van der Waals surface area contributed by atoms with Crippen molar-refractivity contribution in [2.75, 3.05) is 0 Å². The summed E-state index contributed by atoms with van der Waals surface area (Å²) in [6, 6.07) is 19.8. The minimum atomic E-state index is -1.05. The summed E-state index contributed by atoms with van der Waals surface area (Å²) in [6.45, 7) is 0. The number of hydrogen-bond donors (Lipinski definition) is 9. The number of carboxylic acid groups (broad SMARTS) is 1. The van der Waals surface area contributed by atoms with Crippen LogP contribution in [-0.2, 0) is 0 Å². The van der Waals surface area contributed by atoms with E-state index in [1.54, 1.807) is 12.1 Å². The molecule has 0 fully saturated rings. The molecule has 2 aliphatic rings. The van der Waals surface area contributed by atoms with E-state index in [4.69, 9.17) is 29.9 Å². The molecule has 0 atom stereocenters. The molecule has 10 rings (SSSR count). The number of aromatic amines is 2. The van der Waals surface area contributed by atoms with Gasteiger partial charge in [-0.25, -0.2) is 34.7 Å². The minimum Gasteiger partial charge on any atom is -0.504 e. The van der Waals surface area contributed by atoms with Gasteiger partial charge in [0.2, 0.25) is 0 Å². The second kappa shape index (κ2) is 11.1. The number of H-pyrrole nitrogens is 2. The van der Waals surface area contributed by atoms with Crippen LogP contribution in [0.1, 0.15) is 10.4 Å². The number of fused-ring (bicyclic) bond motifs is 20. The maximum Gasteiger partial charge on any atom is 0.335 e. The summed E-state index contributed by atoms with van der Waals surface area (Å²) in [6.07, 6.45) is 0. The van der Waals surface area contributed by atoms with Gasteiger partial charge in [0.15, 0.2) is 57.8 Å². The fourth-order valence-electron chi connectivity index (χ4n) is 6.85. The van der Waals surface area contributed by atoms with E-state index in [1.165, 1.54) is 48.5 Å². The monoisotopic (exact) mass is 730 g/mol. The predicted molar refractivity (Wildman–Crippen MR) is 198 cm³/mol. The molecule has 0 saturated heterocycles. The van der Waals surface area contributed by atoms with Crippen LogP contribution in [-0.4, -0.2) is 81.6 Å². The van der Waals surface area contributed by atoms with Crippen molar-refractivity contribution >= 4 is 50.1 Å². The number of aromatic hydroxyl groups is 6. The highest BCUT2D eigenvalue weighted by molar-refractivity contribution is 6.08. The van der Waals surface area contributed by atoms with Crippen LogP contribution in [0.3, 0.4) is 0 Å². The van der Waals surface area contributed by atoms with Gasteiger partial charge in [0.1, 0.15) is 22.6 Å². The van der Waals surface area contributed by atoms with Gasteiger partial charge in [-0.3, -0.25) is 0 Å². The maximum absolute atomic E-state index is 11.5. The Morgan fingerprint density at radius 2 is 0.745 bits per heavy atom. The van der Waals surface area contributed by atoms with Crippen LogP contribution in [0.2, 0.25) is 0 Å². The molecule has 8 aromatic rings. The molecular weight excluding hydrogens is 708 g/mol. The fourth-order valence-corrected chi connectivity index (χ4v) is 6.85. The summed E-state index contributed by atoms with van der Waals surface area (Å²) < 4.78 is 0. The van der Waals surface area contributed by atoms with Gasteiger partial charge >= 0.3 is 5.97 Å². The molecule has 2 aliphatic heterocycles. The van der Waals surface area contributed by atoms with Crippen molar-refractivity contribution in [2.45, 2.75) is 0 Å². The molecule has 5 heterocycles. The number of aromatic nitrogens is 8. The van der Waals surface area contributed by atoms with Gasteiger partial charge in [0.05, 0.1) is 5.56 Å². The van der Waals surface area contributed by atoms with Crippen molar-refractivity contribution in [1.82, 2.24) is 39.9 Å². The predicted octanol–water partition coefficient (Wildman–Crippen LogP) is 6.47. The molecule has 0 radical (unpaired) electrons. The van der Waals surface area contributed by atoms with E-state index >= 15 is 0 Å². The number of carboxylic acids is 1. The normalized spacial score (nSPS) is 11.9. The molecule has 0 unspecified atom stereocenters. The quantitative estimate of drug-likeness (QED) is 0.0863. The van der Waals surface area contributed by atoms with Gasteiger partial charge in [-0.05, 0) is 71.8 Å². The number of nitrogens with zero attached hydrogens (tertiary/aromatic N) is 6. The lowest BCUT2D eigenvalue weighted by atomic mass is 10.0. The number of carbonyl (C=O) groups is 1. The summed E-state index contributed by atoms with van der Waals surface area (Å²) in [5, 5.41) is 74.4. The Hall–Kier alpha value is -8.27. The molecule has 0 spiro atoms. The van der Waals surface area contributed by atoms with E-state index in [0.29, 0.717) is 49.4 Å². The number of nitrogens with one attached hydrogen (secondary N) is 2. The molecule has 0 amide bonds. The first-order valence-electron chi connectivity index (χ1n) is 16.5. The lowest BCUT2D eigenvalue weighted by molar-refractivity contribution is 0.0697. The Bertz CT molecular complexity index is 3210. The third kappa shape index (κ3) is 4.82. The zero-order chi connectivity index (χ0) is 37.9. The molecule has 16 heteroatoms. The molecule has 5 aromatic carbocycles. The van der Waals surface area contributed by atoms with Gasteiger partial charge in [-0.15, -0.1) is 0 Å². The Morgan fingerprint density at radius 3 is 1.15 bits per heavy atom. The number of rotatable bonds is 2. The lowest BCUT2D eigenvalue weighted by Gasteiger charge is -2.03. The zero-order valence-corrected chi connectivity index (χ0v) is 27.7. The summed E-state index contributed by atoms with van der Waals surface area (Å²) in [7, 11) is 0. The third-order valence-electron chi connectivity index (χ3n) is 9.58. The van der Waals surface area contributed by atoms with E-state index in [0.717, 1.165) is 11.1 Å². The zero-order valence-electron chi connectivity index (χ0n) is 27.7. The molecular formula is C39H22N8O8. The third-order valence-corrected chi connectivity index (χ3v) is 9.58. The van der Waals surface area contributed by atoms with Crippen molar-refractivity contribution in [3.8, 4) is 91.2 Å². The van der Waals surface area contributed by atoms with Gasteiger partial charge in [0.25, 0.3) is 0 Å². The van der Waals surface area contributed by atoms with Crippen LogP contribution < -0.4 is 0 Å². The van der Waals surface area contributed by atoms with Gasteiger partial charge in [-0.1, -0.05) is 18.2 Å². The molecule has 55 heavy (non-hydrogen) atoms. The average Bonchev–Trinajstić information content (AvgIpc) is 3.87. The highest BCUT2D eigenvalue weighted by atomic mass is 16.4. The van der Waals surface area contributed by atoms with Gasteiger partial charge in [0, 0.05) is 43.8 Å². The SMILES string of the molecule is O=C(O)c1ccc(-c2ccc3c4nc5nc(nc6[nH]c(nc7nc(nc([nH]4)c3c2)-c2cc(O)c(O)cc2-7)c2cc(O)c(O)cc62)-c2cc(O)c(O)cc2-5)cc1. The largest absolute Gasteiger partial charge is 0.504 e. The van der Waals surface area contributed by atoms with E-state index in [-0.39, 0.29) is 45.8 Å². The Balaban J connectivity index is 1.36. The number of phenols is 6. The molecule has 0 aliphatic carbocycles. The molecule has 3 aromatic heterocycles. The van der Waals surface area contributed by atoms with E-state index < -0.39 is 40.5 Å². The van der Waals surface area contributed by atoms with E-state index in [2.05, 4.69) is 9.97 Å². The second-order valence-electron chi connectivity index (χ2n) is 12.9. The van der Waals surface area contributed by atoms with Gasteiger partial charge in [-0.2, -0.15) is 0 Å². The van der Waals surface area contributed by atoms with E-state index in [1.807, 2.05) is 18.2 Å². The lowest BCUT2D eigenvalue weighted by Crippen LogP contribution is -1.94. The Kier molecular flexibility index (Phi) is 6.36. The van der Waals surface area contributed by atoms with Crippen LogP contribution in [0, 0.1) is 0 Å². The number of phenolic OH excluding ortho intramolecular Hbond substituents is 6. The fraction of sp³-hybridized carbons (Fsp3) is 0. The average molecular weight is 731 g/mol. The van der Waals surface area contributed by atoms with Crippen LogP contribution >= 0.6 is 0 Å². The first-order chi connectivity index (χ1) is 26.5. The highest BCUT2D eigenvalue weighted by Crippen LogP contribution is 2.44. The van der Waals surface area contributed by atoms with Crippen LogP contribution in [0.25, 0.3) is 101 Å². The molecule has 266 valence electrons. The Morgan fingerprint density at radius 1 is 0.400 bits per heavy atom. The molecule has 16 nitrogen and oxygen atoms in total. The van der Waals surface area contributed by atoms with Crippen LogP contribution in [0.4, 0.5) is 0 Å². The molecule has 0 saturated carbocycles. The summed E-state index contributed by atoms with van der Waals surface area (Å²) in [5.41, 5.74) is 3.85. The summed E-state index contributed by atoms with van der Waals surface area (Å²) in [5.74, 6) is -3.16. The summed E-state index contributed by atoms with van der Waals surface area (Å²) >= 11 is 0. The number of aromatic carboxylic acids is 1. The first kappa shape index (κ1) is 31.5. The van der Waals surface area contributed by atoms with Crippen molar-refractivity contribution in [3.63, 3.8) is 0 Å². The number of hydrogen-bond acceptors (Lipinski definition) is 13. The smallest absolute Gasteiger partial charge is 0.335 e. The first-order valence-corrected chi connectivity index (χ1v) is 16.5.